The summed E-state index contributed by atoms with van der Waals surface area (Å²) in [4.78, 5) is 14.3. The van der Waals surface area contributed by atoms with Crippen LogP contribution >= 0.6 is 0 Å². The van der Waals surface area contributed by atoms with E-state index < -0.39 is 17.5 Å². The van der Waals surface area contributed by atoms with Crippen molar-refractivity contribution in [3.05, 3.63) is 35.6 Å². The van der Waals surface area contributed by atoms with Crippen molar-refractivity contribution in [3.8, 4) is 0 Å². The number of carboxylic acid groups (broad SMARTS) is 1. The zero-order valence-electron chi connectivity index (χ0n) is 13.2. The third-order valence-electron chi connectivity index (χ3n) is 5.49. The number of benzene rings is 1. The molecule has 0 unspecified atom stereocenters. The molecule has 2 fully saturated rings. The molecule has 1 aromatic carbocycles. The molecule has 1 aliphatic heterocycles. The van der Waals surface area contributed by atoms with Gasteiger partial charge in [-0.05, 0) is 43.4 Å². The predicted molar refractivity (Wildman–Crippen MR) is 84.6 cm³/mol. The molecule has 1 aromatic rings. The number of rotatable bonds is 4. The van der Waals surface area contributed by atoms with Crippen molar-refractivity contribution in [1.29, 1.82) is 0 Å². The number of nitrogens with zero attached hydrogens (tertiary/aromatic N) is 1. The predicted octanol–water partition coefficient (Wildman–Crippen LogP) is 2.45. The highest BCUT2D eigenvalue weighted by atomic mass is 19.1. The molecule has 1 saturated heterocycles. The Bertz CT molecular complexity index is 573. The fraction of sp³-hybridized carbons (Fsp3) is 0.611. The monoisotopic (exact) mass is 321 g/mol. The second kappa shape index (κ2) is 6.57. The summed E-state index contributed by atoms with van der Waals surface area (Å²) in [6.07, 6.45) is 4.29. The van der Waals surface area contributed by atoms with Gasteiger partial charge in [0.15, 0.2) is 0 Å². The van der Waals surface area contributed by atoms with Crippen LogP contribution in [0.5, 0.6) is 0 Å². The van der Waals surface area contributed by atoms with Gasteiger partial charge in [0.2, 0.25) is 0 Å². The van der Waals surface area contributed by atoms with E-state index in [2.05, 4.69) is 4.90 Å². The number of aliphatic carboxylic acids is 1. The Morgan fingerprint density at radius 1 is 1.30 bits per heavy atom. The molecule has 1 aliphatic carbocycles. The Labute approximate surface area is 135 Å². The molecule has 0 amide bonds. The Morgan fingerprint density at radius 3 is 2.70 bits per heavy atom. The van der Waals surface area contributed by atoms with Crippen LogP contribution < -0.4 is 0 Å². The Morgan fingerprint density at radius 2 is 2.04 bits per heavy atom. The van der Waals surface area contributed by atoms with Gasteiger partial charge in [-0.25, -0.2) is 4.39 Å². The lowest BCUT2D eigenvalue weighted by atomic mass is 9.72. The first-order valence-corrected chi connectivity index (χ1v) is 8.41. The molecule has 126 valence electrons. The highest BCUT2D eigenvalue weighted by Crippen LogP contribution is 2.37. The number of aliphatic hydroxyl groups excluding tert-OH is 1. The van der Waals surface area contributed by atoms with Crippen LogP contribution in [0.3, 0.4) is 0 Å². The average molecular weight is 321 g/mol. The zero-order valence-corrected chi connectivity index (χ0v) is 13.2. The maximum absolute atomic E-state index is 13.4. The Balaban J connectivity index is 1.86. The van der Waals surface area contributed by atoms with Crippen LogP contribution in [0.25, 0.3) is 0 Å². The normalized spacial score (nSPS) is 29.7. The molecule has 0 radical (unpaired) electrons. The van der Waals surface area contributed by atoms with Gasteiger partial charge in [0.1, 0.15) is 11.2 Å². The number of carboxylic acids is 1. The van der Waals surface area contributed by atoms with Crippen molar-refractivity contribution in [2.45, 2.75) is 50.7 Å². The van der Waals surface area contributed by atoms with Gasteiger partial charge in [0, 0.05) is 19.1 Å². The largest absolute Gasteiger partial charge is 0.481 e. The minimum absolute atomic E-state index is 0.157. The summed E-state index contributed by atoms with van der Waals surface area (Å²) in [6.45, 7) is 1.08. The molecule has 23 heavy (non-hydrogen) atoms. The Hall–Kier alpha value is -1.46. The third kappa shape index (κ3) is 3.26. The van der Waals surface area contributed by atoms with Crippen LogP contribution in [0.4, 0.5) is 4.39 Å². The number of aliphatic hydroxyl groups is 1. The highest BCUT2D eigenvalue weighted by Gasteiger charge is 2.50. The summed E-state index contributed by atoms with van der Waals surface area (Å²) in [5.41, 5.74) is -0.631. The second-order valence-corrected chi connectivity index (χ2v) is 6.98. The van der Waals surface area contributed by atoms with E-state index in [0.717, 1.165) is 19.4 Å². The highest BCUT2D eigenvalue weighted by molar-refractivity contribution is 5.76. The number of likely N-dealkylation sites (tertiary alicyclic amines) is 1. The lowest BCUT2D eigenvalue weighted by molar-refractivity contribution is -0.164. The third-order valence-corrected chi connectivity index (χ3v) is 5.49. The molecule has 1 saturated carbocycles. The van der Waals surface area contributed by atoms with E-state index in [9.17, 15) is 19.4 Å². The summed E-state index contributed by atoms with van der Waals surface area (Å²) in [7, 11) is 0. The molecule has 3 rings (SSSR count). The van der Waals surface area contributed by atoms with Gasteiger partial charge in [-0.1, -0.05) is 25.0 Å². The second-order valence-electron chi connectivity index (χ2n) is 6.98. The molecule has 0 bridgehead atoms. The first-order valence-electron chi connectivity index (χ1n) is 8.41. The van der Waals surface area contributed by atoms with Crippen LogP contribution in [-0.4, -0.2) is 46.3 Å². The van der Waals surface area contributed by atoms with Crippen LogP contribution in [0.2, 0.25) is 0 Å². The smallest absolute Gasteiger partial charge is 0.313 e. The van der Waals surface area contributed by atoms with E-state index in [-0.39, 0.29) is 12.2 Å². The van der Waals surface area contributed by atoms with Crippen molar-refractivity contribution >= 4 is 5.97 Å². The van der Waals surface area contributed by atoms with Crippen molar-refractivity contribution < 1.29 is 19.4 Å². The summed E-state index contributed by atoms with van der Waals surface area (Å²) in [6, 6.07) is 6.46. The fourth-order valence-corrected chi connectivity index (χ4v) is 4.16. The van der Waals surface area contributed by atoms with Crippen LogP contribution in [-0.2, 0) is 11.2 Å². The maximum atomic E-state index is 13.4. The van der Waals surface area contributed by atoms with Gasteiger partial charge in [0.05, 0.1) is 6.10 Å². The fourth-order valence-electron chi connectivity index (χ4n) is 4.16. The molecule has 5 heteroatoms. The van der Waals surface area contributed by atoms with Gasteiger partial charge < -0.3 is 10.2 Å². The van der Waals surface area contributed by atoms with Gasteiger partial charge >= 0.3 is 5.97 Å². The van der Waals surface area contributed by atoms with Gasteiger partial charge in [-0.15, -0.1) is 0 Å². The molecule has 1 heterocycles. The Kier molecular flexibility index (Phi) is 4.69. The first kappa shape index (κ1) is 16.4. The summed E-state index contributed by atoms with van der Waals surface area (Å²) in [5.74, 6) is -1.36. The number of hydrogen-bond acceptors (Lipinski definition) is 3. The quantitative estimate of drug-likeness (QED) is 0.894. The first-order chi connectivity index (χ1) is 11.0. The van der Waals surface area contributed by atoms with E-state index in [4.69, 9.17) is 0 Å². The van der Waals surface area contributed by atoms with Crippen LogP contribution in [0.1, 0.15) is 37.7 Å². The van der Waals surface area contributed by atoms with Crippen LogP contribution in [0, 0.1) is 11.2 Å². The molecule has 2 atom stereocenters. The lowest BCUT2D eigenvalue weighted by Gasteiger charge is -2.45. The van der Waals surface area contributed by atoms with Gasteiger partial charge in [0.25, 0.3) is 0 Å². The van der Waals surface area contributed by atoms with Crippen molar-refractivity contribution in [1.82, 2.24) is 4.90 Å². The molecular formula is C18H24FNO3. The minimum Gasteiger partial charge on any atom is -0.481 e. The number of carbonyl (C=O) groups is 1. The maximum Gasteiger partial charge on any atom is 0.313 e. The van der Waals surface area contributed by atoms with Crippen molar-refractivity contribution in [2.75, 3.05) is 13.1 Å². The molecule has 2 aliphatic rings. The SMILES string of the molecule is O=C(O)[C@]1(Cc2cccc(F)c2)CN(C2CCCC2)CC[C@@H]1O. The van der Waals surface area contributed by atoms with E-state index in [1.165, 1.54) is 25.0 Å². The molecule has 0 spiro atoms. The molecule has 0 aromatic heterocycles. The lowest BCUT2D eigenvalue weighted by Crippen LogP contribution is -2.58. The average Bonchev–Trinajstić information content (AvgIpc) is 3.03. The van der Waals surface area contributed by atoms with Gasteiger partial charge in [-0.3, -0.25) is 9.69 Å². The number of piperidine rings is 1. The van der Waals surface area contributed by atoms with Gasteiger partial charge in [-0.2, -0.15) is 0 Å². The summed E-state index contributed by atoms with van der Waals surface area (Å²) < 4.78 is 13.4. The minimum atomic E-state index is -1.26. The molecule has 4 nitrogen and oxygen atoms in total. The molecule has 2 N–H and O–H groups in total. The standard InChI is InChI=1S/C18H24FNO3/c19-14-5-3-4-13(10-14)11-18(17(22)23)12-20(9-8-16(18)21)15-6-1-2-7-15/h3-5,10,15-16,21H,1-2,6-9,11-12H2,(H,22,23)/t16-,18+/m0/s1. The van der Waals surface area contributed by atoms with Crippen molar-refractivity contribution in [3.63, 3.8) is 0 Å². The topological polar surface area (TPSA) is 60.8 Å². The van der Waals surface area contributed by atoms with E-state index in [1.54, 1.807) is 12.1 Å². The van der Waals surface area contributed by atoms with Crippen molar-refractivity contribution in [2.24, 2.45) is 5.41 Å². The summed E-state index contributed by atoms with van der Waals surface area (Å²) >= 11 is 0. The number of halogens is 1. The number of hydrogen-bond donors (Lipinski definition) is 2. The zero-order chi connectivity index (χ0) is 16.4. The van der Waals surface area contributed by atoms with E-state index >= 15 is 0 Å². The van der Waals surface area contributed by atoms with E-state index in [0.29, 0.717) is 24.6 Å². The van der Waals surface area contributed by atoms with Crippen LogP contribution in [0.15, 0.2) is 24.3 Å². The summed E-state index contributed by atoms with van der Waals surface area (Å²) in [5, 5.41) is 20.3. The molecular weight excluding hydrogens is 297 g/mol. The van der Waals surface area contributed by atoms with E-state index in [1.807, 2.05) is 0 Å².